The molecule has 6 heteroatoms. The maximum absolute atomic E-state index is 5.87. The van der Waals surface area contributed by atoms with Crippen LogP contribution >= 0.6 is 23.4 Å². The Balaban J connectivity index is 1.52. The second-order valence-corrected chi connectivity index (χ2v) is 6.78. The van der Waals surface area contributed by atoms with Gasteiger partial charge in [0, 0.05) is 17.8 Å². The molecule has 0 saturated heterocycles. The smallest absolute Gasteiger partial charge is 0.191 e. The minimum Gasteiger partial charge on any atom is -0.486 e. The van der Waals surface area contributed by atoms with E-state index in [9.17, 15) is 0 Å². The Morgan fingerprint density at radius 3 is 2.54 bits per heavy atom. The fourth-order valence-corrected chi connectivity index (χ4v) is 3.22. The lowest BCUT2D eigenvalue weighted by Crippen LogP contribution is -2.04. The van der Waals surface area contributed by atoms with Gasteiger partial charge in [-0.15, -0.1) is 10.2 Å². The summed E-state index contributed by atoms with van der Waals surface area (Å²) in [5.41, 5.74) is 1.33. The monoisotopic (exact) mass is 359 g/mol. The third kappa shape index (κ3) is 4.52. The van der Waals surface area contributed by atoms with Crippen molar-refractivity contribution in [2.75, 3.05) is 5.75 Å². The van der Waals surface area contributed by atoms with Crippen LogP contribution in [0.2, 0.25) is 5.02 Å². The van der Waals surface area contributed by atoms with E-state index in [0.29, 0.717) is 11.6 Å². The van der Waals surface area contributed by atoms with Crippen LogP contribution in [0, 0.1) is 0 Å². The molecule has 0 fully saturated rings. The Hall–Kier alpha value is -1.98. The predicted molar refractivity (Wildman–Crippen MR) is 97.7 cm³/mol. The van der Waals surface area contributed by atoms with E-state index in [1.165, 1.54) is 5.56 Å². The van der Waals surface area contributed by atoms with Gasteiger partial charge in [0.15, 0.2) is 11.0 Å². The Morgan fingerprint density at radius 1 is 1.04 bits per heavy atom. The molecule has 0 aliphatic rings. The topological polar surface area (TPSA) is 39.9 Å². The molecule has 3 rings (SSSR count). The Morgan fingerprint density at radius 2 is 1.79 bits per heavy atom. The number of aryl methyl sites for hydroxylation is 1. The summed E-state index contributed by atoms with van der Waals surface area (Å²) in [6, 6.07) is 17.7. The zero-order chi connectivity index (χ0) is 16.8. The van der Waals surface area contributed by atoms with Crippen LogP contribution in [0.5, 0.6) is 5.75 Å². The van der Waals surface area contributed by atoms with Crippen LogP contribution in [0.1, 0.15) is 11.4 Å². The SMILES string of the molecule is Cn1c(COc2ccc(Cl)cc2)nnc1SCCc1ccccc1. The molecule has 0 radical (unpaired) electrons. The average molecular weight is 360 g/mol. The van der Waals surface area contributed by atoms with Crippen LogP contribution in [0.25, 0.3) is 0 Å². The van der Waals surface area contributed by atoms with Gasteiger partial charge in [-0.2, -0.15) is 0 Å². The number of benzene rings is 2. The van der Waals surface area contributed by atoms with Gasteiger partial charge < -0.3 is 9.30 Å². The van der Waals surface area contributed by atoms with Crippen LogP contribution in [0.4, 0.5) is 0 Å². The molecule has 0 bridgehead atoms. The normalized spacial score (nSPS) is 10.8. The number of thioether (sulfide) groups is 1. The third-order valence-electron chi connectivity index (χ3n) is 3.57. The van der Waals surface area contributed by atoms with E-state index >= 15 is 0 Å². The summed E-state index contributed by atoms with van der Waals surface area (Å²) >= 11 is 7.57. The molecule has 3 aromatic rings. The first-order valence-electron chi connectivity index (χ1n) is 7.66. The van der Waals surface area contributed by atoms with Gasteiger partial charge in [0.1, 0.15) is 12.4 Å². The van der Waals surface area contributed by atoms with E-state index in [-0.39, 0.29) is 0 Å². The van der Waals surface area contributed by atoms with Crippen LogP contribution in [-0.4, -0.2) is 20.5 Å². The molecule has 0 spiro atoms. The van der Waals surface area contributed by atoms with Gasteiger partial charge in [0.25, 0.3) is 0 Å². The maximum atomic E-state index is 5.87. The van der Waals surface area contributed by atoms with Gasteiger partial charge >= 0.3 is 0 Å². The minimum absolute atomic E-state index is 0.379. The molecule has 4 nitrogen and oxygen atoms in total. The summed E-state index contributed by atoms with van der Waals surface area (Å²) in [6.45, 7) is 0.379. The molecule has 0 aliphatic heterocycles. The van der Waals surface area contributed by atoms with Gasteiger partial charge in [0.2, 0.25) is 0 Å². The quantitative estimate of drug-likeness (QED) is 0.587. The standard InChI is InChI=1S/C18H18ClN3OS/c1-22-17(13-23-16-9-7-15(19)8-10-16)20-21-18(22)24-12-11-14-5-3-2-4-6-14/h2-10H,11-13H2,1H3. The van der Waals surface area contributed by atoms with E-state index in [4.69, 9.17) is 16.3 Å². The number of aromatic nitrogens is 3. The molecule has 1 aromatic heterocycles. The molecular formula is C18H18ClN3OS. The fraction of sp³-hybridized carbons (Fsp3) is 0.222. The number of rotatable bonds is 7. The molecule has 24 heavy (non-hydrogen) atoms. The molecule has 0 amide bonds. The van der Waals surface area contributed by atoms with Crippen molar-refractivity contribution in [2.24, 2.45) is 7.05 Å². The fourth-order valence-electron chi connectivity index (χ4n) is 2.18. The number of nitrogens with zero attached hydrogens (tertiary/aromatic N) is 3. The van der Waals surface area contributed by atoms with Crippen LogP contribution in [-0.2, 0) is 20.1 Å². The van der Waals surface area contributed by atoms with E-state index < -0.39 is 0 Å². The van der Waals surface area contributed by atoms with Crippen molar-refractivity contribution in [1.29, 1.82) is 0 Å². The van der Waals surface area contributed by atoms with E-state index in [1.54, 1.807) is 23.9 Å². The van der Waals surface area contributed by atoms with E-state index in [2.05, 4.69) is 34.5 Å². The molecule has 0 N–H and O–H groups in total. The first-order chi connectivity index (χ1) is 11.7. The highest BCUT2D eigenvalue weighted by Crippen LogP contribution is 2.19. The van der Waals surface area contributed by atoms with E-state index in [0.717, 1.165) is 28.9 Å². The Kier molecular flexibility index (Phi) is 5.77. The highest BCUT2D eigenvalue weighted by atomic mass is 35.5. The first kappa shape index (κ1) is 16.9. The lowest BCUT2D eigenvalue weighted by Gasteiger charge is -2.06. The number of ether oxygens (including phenoxy) is 1. The number of hydrogen-bond donors (Lipinski definition) is 0. The van der Waals surface area contributed by atoms with Crippen LogP contribution in [0.15, 0.2) is 59.8 Å². The summed E-state index contributed by atoms with van der Waals surface area (Å²) in [5.74, 6) is 2.53. The number of halogens is 1. The third-order valence-corrected chi connectivity index (χ3v) is 4.85. The first-order valence-corrected chi connectivity index (χ1v) is 9.02. The molecule has 1 heterocycles. The van der Waals surface area contributed by atoms with Gasteiger partial charge in [-0.1, -0.05) is 53.7 Å². The summed E-state index contributed by atoms with van der Waals surface area (Å²) in [5, 5.41) is 10.1. The van der Waals surface area contributed by atoms with Gasteiger partial charge in [-0.3, -0.25) is 0 Å². The Labute approximate surface area is 150 Å². The van der Waals surface area contributed by atoms with Gasteiger partial charge in [0.05, 0.1) is 0 Å². The van der Waals surface area contributed by atoms with Crippen molar-refractivity contribution >= 4 is 23.4 Å². The molecule has 124 valence electrons. The second-order valence-electron chi connectivity index (χ2n) is 5.28. The minimum atomic E-state index is 0.379. The largest absolute Gasteiger partial charge is 0.486 e. The van der Waals surface area contributed by atoms with Crippen molar-refractivity contribution in [2.45, 2.75) is 18.2 Å². The second kappa shape index (κ2) is 8.22. The molecule has 0 unspecified atom stereocenters. The van der Waals surface area contributed by atoms with Gasteiger partial charge in [-0.05, 0) is 36.2 Å². The van der Waals surface area contributed by atoms with Crippen LogP contribution in [0.3, 0.4) is 0 Å². The molecule has 0 atom stereocenters. The highest BCUT2D eigenvalue weighted by Gasteiger charge is 2.10. The Bertz CT molecular complexity index is 775. The van der Waals surface area contributed by atoms with Crippen molar-refractivity contribution in [3.05, 3.63) is 71.0 Å². The van der Waals surface area contributed by atoms with Crippen molar-refractivity contribution < 1.29 is 4.74 Å². The lowest BCUT2D eigenvalue weighted by atomic mass is 10.2. The van der Waals surface area contributed by atoms with Crippen molar-refractivity contribution in [3.8, 4) is 5.75 Å². The van der Waals surface area contributed by atoms with E-state index in [1.807, 2.05) is 29.8 Å². The summed E-state index contributed by atoms with van der Waals surface area (Å²) in [4.78, 5) is 0. The summed E-state index contributed by atoms with van der Waals surface area (Å²) < 4.78 is 7.70. The number of hydrogen-bond acceptors (Lipinski definition) is 4. The summed E-state index contributed by atoms with van der Waals surface area (Å²) in [7, 11) is 1.96. The molecule has 0 aliphatic carbocycles. The molecule has 2 aromatic carbocycles. The van der Waals surface area contributed by atoms with Crippen molar-refractivity contribution in [3.63, 3.8) is 0 Å². The molecule has 0 saturated carbocycles. The predicted octanol–water partition coefficient (Wildman–Crippen LogP) is 4.38. The average Bonchev–Trinajstić information content (AvgIpc) is 2.96. The highest BCUT2D eigenvalue weighted by molar-refractivity contribution is 7.99. The van der Waals surface area contributed by atoms with Gasteiger partial charge in [-0.25, -0.2) is 0 Å². The van der Waals surface area contributed by atoms with Crippen molar-refractivity contribution in [1.82, 2.24) is 14.8 Å². The summed E-state index contributed by atoms with van der Waals surface area (Å²) in [6.07, 6.45) is 1.01. The van der Waals surface area contributed by atoms with Crippen LogP contribution < -0.4 is 4.74 Å². The lowest BCUT2D eigenvalue weighted by molar-refractivity contribution is 0.290. The molecular weight excluding hydrogens is 342 g/mol. The zero-order valence-electron chi connectivity index (χ0n) is 13.4. The maximum Gasteiger partial charge on any atom is 0.191 e. The zero-order valence-corrected chi connectivity index (χ0v) is 14.9.